The quantitative estimate of drug-likeness (QED) is 0.505. The molecule has 3 aromatic carbocycles. The maximum atomic E-state index is 13.5. The van der Waals surface area contributed by atoms with E-state index in [1.54, 1.807) is 42.5 Å². The molecule has 1 N–H and O–H groups in total. The van der Waals surface area contributed by atoms with Gasteiger partial charge in [-0.1, -0.05) is 74.5 Å². The van der Waals surface area contributed by atoms with Crippen molar-refractivity contribution in [2.45, 2.75) is 44.6 Å². The highest BCUT2D eigenvalue weighted by Gasteiger charge is 2.28. The van der Waals surface area contributed by atoms with Crippen molar-refractivity contribution in [3.8, 4) is 0 Å². The van der Waals surface area contributed by atoms with E-state index in [9.17, 15) is 13.2 Å². The number of carbonyl (C=O) groups is 1. The van der Waals surface area contributed by atoms with E-state index in [0.29, 0.717) is 12.1 Å². The number of amides is 1. The van der Waals surface area contributed by atoms with E-state index in [-0.39, 0.29) is 23.4 Å². The molecule has 0 unspecified atom stereocenters. The van der Waals surface area contributed by atoms with Crippen LogP contribution in [0.1, 0.15) is 43.5 Å². The molecular weight excluding hydrogens is 420 g/mol. The molecule has 0 bridgehead atoms. The zero-order chi connectivity index (χ0) is 23.1. The van der Waals surface area contributed by atoms with Gasteiger partial charge in [-0.05, 0) is 54.7 Å². The standard InChI is InChI=1S/C26H30N2O3S/c1-4-21-15-17-23(18-16-21)20(3)27-26(29)19-28(25-14-10-9-11-22(25)5-2)32(30,31)24-12-7-6-8-13-24/h6-18,20H,4-5,19H2,1-3H3,(H,27,29)/t20-/m1/s1. The van der Waals surface area contributed by atoms with Gasteiger partial charge in [-0.15, -0.1) is 0 Å². The Balaban J connectivity index is 1.89. The average molecular weight is 451 g/mol. The third-order valence-electron chi connectivity index (χ3n) is 5.53. The number of rotatable bonds is 9. The number of hydrogen-bond donors (Lipinski definition) is 1. The number of sulfonamides is 1. The molecule has 3 rings (SSSR count). The molecule has 1 amide bonds. The van der Waals surface area contributed by atoms with E-state index in [0.717, 1.165) is 17.5 Å². The summed E-state index contributed by atoms with van der Waals surface area (Å²) in [6.07, 6.45) is 1.60. The van der Waals surface area contributed by atoms with Crippen molar-refractivity contribution in [2.24, 2.45) is 0 Å². The predicted molar refractivity (Wildman–Crippen MR) is 129 cm³/mol. The summed E-state index contributed by atoms with van der Waals surface area (Å²) in [5, 5.41) is 2.95. The summed E-state index contributed by atoms with van der Waals surface area (Å²) in [5.41, 5.74) is 3.59. The Morgan fingerprint density at radius 2 is 1.50 bits per heavy atom. The van der Waals surface area contributed by atoms with E-state index in [1.165, 1.54) is 9.87 Å². The molecule has 0 aromatic heterocycles. The van der Waals surface area contributed by atoms with E-state index in [2.05, 4.69) is 12.2 Å². The fourth-order valence-electron chi connectivity index (χ4n) is 3.62. The molecule has 0 saturated carbocycles. The van der Waals surface area contributed by atoms with Crippen molar-refractivity contribution < 1.29 is 13.2 Å². The summed E-state index contributed by atoms with van der Waals surface area (Å²) in [7, 11) is -3.92. The van der Waals surface area contributed by atoms with Crippen LogP contribution in [0.4, 0.5) is 5.69 Å². The smallest absolute Gasteiger partial charge is 0.264 e. The van der Waals surface area contributed by atoms with Gasteiger partial charge >= 0.3 is 0 Å². The third kappa shape index (κ3) is 5.37. The predicted octanol–water partition coefficient (Wildman–Crippen LogP) is 4.88. The zero-order valence-electron chi connectivity index (χ0n) is 18.8. The van der Waals surface area contributed by atoms with Gasteiger partial charge in [0.25, 0.3) is 10.0 Å². The first kappa shape index (κ1) is 23.5. The first-order valence-electron chi connectivity index (χ1n) is 10.9. The SMILES string of the molecule is CCc1ccc([C@@H](C)NC(=O)CN(c2ccccc2CC)S(=O)(=O)c2ccccc2)cc1. The number of carbonyl (C=O) groups excluding carboxylic acids is 1. The molecule has 0 fully saturated rings. The molecule has 0 aliphatic heterocycles. The zero-order valence-corrected chi connectivity index (χ0v) is 19.6. The van der Waals surface area contributed by atoms with E-state index >= 15 is 0 Å². The second kappa shape index (κ2) is 10.5. The number of anilines is 1. The highest BCUT2D eigenvalue weighted by atomic mass is 32.2. The minimum absolute atomic E-state index is 0.155. The first-order chi connectivity index (χ1) is 15.4. The summed E-state index contributed by atoms with van der Waals surface area (Å²) < 4.78 is 28.2. The lowest BCUT2D eigenvalue weighted by atomic mass is 10.1. The number of hydrogen-bond acceptors (Lipinski definition) is 3. The lowest BCUT2D eigenvalue weighted by molar-refractivity contribution is -0.120. The summed E-state index contributed by atoms with van der Waals surface area (Å²) in [6, 6.07) is 23.4. The number of nitrogens with zero attached hydrogens (tertiary/aromatic N) is 1. The van der Waals surface area contributed by atoms with Crippen LogP contribution in [-0.4, -0.2) is 20.9 Å². The van der Waals surface area contributed by atoms with Gasteiger partial charge in [-0.2, -0.15) is 0 Å². The minimum Gasteiger partial charge on any atom is -0.348 e. The Labute approximate surface area is 191 Å². The Bertz CT molecular complexity index is 1140. The number of nitrogens with one attached hydrogen (secondary N) is 1. The molecule has 0 aliphatic rings. The number of para-hydroxylation sites is 1. The van der Waals surface area contributed by atoms with Gasteiger partial charge in [0.2, 0.25) is 5.91 Å². The molecule has 0 spiro atoms. The third-order valence-corrected chi connectivity index (χ3v) is 7.30. The van der Waals surface area contributed by atoms with E-state index < -0.39 is 10.0 Å². The number of aryl methyl sites for hydroxylation is 2. The molecule has 6 heteroatoms. The maximum Gasteiger partial charge on any atom is 0.264 e. The molecule has 3 aromatic rings. The summed E-state index contributed by atoms with van der Waals surface area (Å²) in [4.78, 5) is 13.1. The normalized spacial score (nSPS) is 12.2. The van der Waals surface area contributed by atoms with E-state index in [1.807, 2.05) is 50.2 Å². The summed E-state index contributed by atoms with van der Waals surface area (Å²) in [6.45, 7) is 5.66. The molecule has 168 valence electrons. The Hall–Kier alpha value is -3.12. The van der Waals surface area contributed by atoms with Gasteiger partial charge in [0.05, 0.1) is 16.6 Å². The van der Waals surface area contributed by atoms with Crippen molar-refractivity contribution in [3.63, 3.8) is 0 Å². The molecule has 0 aliphatic carbocycles. The molecule has 1 atom stereocenters. The van der Waals surface area contributed by atoms with Crippen molar-refractivity contribution in [1.82, 2.24) is 5.32 Å². The van der Waals surface area contributed by atoms with Gasteiger partial charge in [0.15, 0.2) is 0 Å². The van der Waals surface area contributed by atoms with Gasteiger partial charge in [-0.25, -0.2) is 8.42 Å². The van der Waals surface area contributed by atoms with Crippen molar-refractivity contribution in [3.05, 3.63) is 95.6 Å². The minimum atomic E-state index is -3.92. The Morgan fingerprint density at radius 3 is 2.12 bits per heavy atom. The van der Waals surface area contributed by atoms with Gasteiger partial charge in [0, 0.05) is 0 Å². The maximum absolute atomic E-state index is 13.5. The van der Waals surface area contributed by atoms with Gasteiger partial charge < -0.3 is 5.32 Å². The summed E-state index contributed by atoms with van der Waals surface area (Å²) >= 11 is 0. The van der Waals surface area contributed by atoms with Crippen LogP contribution in [-0.2, 0) is 27.7 Å². The van der Waals surface area contributed by atoms with Crippen LogP contribution >= 0.6 is 0 Å². The summed E-state index contributed by atoms with van der Waals surface area (Å²) in [5.74, 6) is -0.359. The van der Waals surface area contributed by atoms with Gasteiger partial charge in [0.1, 0.15) is 6.54 Å². The fourth-order valence-corrected chi connectivity index (χ4v) is 5.10. The first-order valence-corrected chi connectivity index (χ1v) is 12.3. The monoisotopic (exact) mass is 450 g/mol. The molecule has 5 nitrogen and oxygen atoms in total. The molecule has 32 heavy (non-hydrogen) atoms. The van der Waals surface area contributed by atoms with Crippen molar-refractivity contribution in [2.75, 3.05) is 10.8 Å². The van der Waals surface area contributed by atoms with Crippen molar-refractivity contribution in [1.29, 1.82) is 0 Å². The molecule has 0 radical (unpaired) electrons. The largest absolute Gasteiger partial charge is 0.348 e. The van der Waals surface area contributed by atoms with Crippen LogP contribution in [0, 0.1) is 0 Å². The lowest BCUT2D eigenvalue weighted by Gasteiger charge is -2.27. The van der Waals surface area contributed by atoms with Crippen LogP contribution in [0.25, 0.3) is 0 Å². The van der Waals surface area contributed by atoms with Crippen LogP contribution in [0.15, 0.2) is 83.8 Å². The second-order valence-electron chi connectivity index (χ2n) is 7.69. The second-order valence-corrected chi connectivity index (χ2v) is 9.55. The van der Waals surface area contributed by atoms with Crippen LogP contribution in [0.2, 0.25) is 0 Å². The fraction of sp³-hybridized carbons (Fsp3) is 0.269. The number of benzene rings is 3. The Kier molecular flexibility index (Phi) is 7.70. The Morgan fingerprint density at radius 1 is 0.875 bits per heavy atom. The van der Waals surface area contributed by atoms with E-state index in [4.69, 9.17) is 0 Å². The molecule has 0 saturated heterocycles. The topological polar surface area (TPSA) is 66.5 Å². The highest BCUT2D eigenvalue weighted by molar-refractivity contribution is 7.92. The van der Waals surface area contributed by atoms with Gasteiger partial charge in [-0.3, -0.25) is 9.10 Å². The molecule has 0 heterocycles. The molecular formula is C26H30N2O3S. The van der Waals surface area contributed by atoms with Crippen LogP contribution < -0.4 is 9.62 Å². The lowest BCUT2D eigenvalue weighted by Crippen LogP contribution is -2.42. The van der Waals surface area contributed by atoms with Crippen LogP contribution in [0.5, 0.6) is 0 Å². The van der Waals surface area contributed by atoms with Crippen molar-refractivity contribution >= 4 is 21.6 Å². The highest BCUT2D eigenvalue weighted by Crippen LogP contribution is 2.27. The van der Waals surface area contributed by atoms with Crippen LogP contribution in [0.3, 0.4) is 0 Å². The average Bonchev–Trinajstić information content (AvgIpc) is 2.83.